The van der Waals surface area contributed by atoms with E-state index >= 15 is 0 Å². The fourth-order valence-electron chi connectivity index (χ4n) is 3.63. The quantitative estimate of drug-likeness (QED) is 0.540. The van der Waals surface area contributed by atoms with Gasteiger partial charge < -0.3 is 14.2 Å². The van der Waals surface area contributed by atoms with Gasteiger partial charge in [-0.25, -0.2) is 0 Å². The third kappa shape index (κ3) is 3.14. The average molecular weight is 387 g/mol. The highest BCUT2D eigenvalue weighted by Crippen LogP contribution is 2.23. The zero-order chi connectivity index (χ0) is 20.0. The summed E-state index contributed by atoms with van der Waals surface area (Å²) in [5.41, 5.74) is 3.42. The van der Waals surface area contributed by atoms with Crippen molar-refractivity contribution >= 4 is 11.6 Å². The van der Waals surface area contributed by atoms with Crippen LogP contribution in [0, 0.1) is 6.92 Å². The Morgan fingerprint density at radius 2 is 1.97 bits per heavy atom. The number of aromatic nitrogens is 4. The summed E-state index contributed by atoms with van der Waals surface area (Å²) in [6, 6.07) is 15.5. The molecule has 0 aliphatic carbocycles. The van der Waals surface area contributed by atoms with Gasteiger partial charge in [0.25, 0.3) is 5.91 Å². The minimum absolute atomic E-state index is 0.0116. The molecule has 3 aromatic heterocycles. The lowest BCUT2D eigenvalue weighted by molar-refractivity contribution is 0.0177. The Labute approximate surface area is 168 Å². The Bertz CT molecular complexity index is 1200. The van der Waals surface area contributed by atoms with Crippen LogP contribution in [-0.4, -0.2) is 49.2 Å². The van der Waals surface area contributed by atoms with E-state index in [4.69, 9.17) is 4.74 Å². The first-order chi connectivity index (χ1) is 14.1. The summed E-state index contributed by atoms with van der Waals surface area (Å²) in [6.07, 6.45) is 3.80. The van der Waals surface area contributed by atoms with Crippen LogP contribution in [0.1, 0.15) is 15.9 Å². The van der Waals surface area contributed by atoms with Crippen LogP contribution >= 0.6 is 0 Å². The van der Waals surface area contributed by atoms with Crippen LogP contribution in [0.2, 0.25) is 0 Å². The van der Waals surface area contributed by atoms with Crippen molar-refractivity contribution in [1.29, 1.82) is 0 Å². The second kappa shape index (κ2) is 6.77. The average Bonchev–Trinajstić information content (AvgIpc) is 3.29. The fourth-order valence-corrected chi connectivity index (χ4v) is 3.63. The van der Waals surface area contributed by atoms with E-state index < -0.39 is 0 Å². The molecular formula is C22H21N5O2. The smallest absolute Gasteiger partial charge is 0.255 e. The van der Waals surface area contributed by atoms with E-state index in [1.54, 1.807) is 11.0 Å². The van der Waals surface area contributed by atoms with Gasteiger partial charge in [-0.05, 0) is 48.9 Å². The summed E-state index contributed by atoms with van der Waals surface area (Å²) >= 11 is 0. The van der Waals surface area contributed by atoms with Gasteiger partial charge in [0.05, 0.1) is 24.3 Å². The third-order valence-corrected chi connectivity index (χ3v) is 5.25. The molecule has 0 atom stereocenters. The number of carbonyl (C=O) groups is 1. The number of carbonyl (C=O) groups excluding carboxylic acids is 1. The molecule has 1 aliphatic rings. The zero-order valence-electron chi connectivity index (χ0n) is 16.3. The molecule has 4 heterocycles. The van der Waals surface area contributed by atoms with Gasteiger partial charge in [0, 0.05) is 19.4 Å². The van der Waals surface area contributed by atoms with E-state index in [0.717, 1.165) is 17.0 Å². The van der Waals surface area contributed by atoms with Gasteiger partial charge >= 0.3 is 0 Å². The van der Waals surface area contributed by atoms with Gasteiger partial charge in [-0.15, -0.1) is 10.2 Å². The molecule has 0 radical (unpaired) electrons. The first-order valence-corrected chi connectivity index (χ1v) is 9.57. The van der Waals surface area contributed by atoms with Crippen molar-refractivity contribution in [3.05, 3.63) is 72.1 Å². The fraction of sp³-hybridized carbons (Fsp3) is 0.227. The lowest BCUT2D eigenvalue weighted by Gasteiger charge is -2.39. The predicted molar refractivity (Wildman–Crippen MR) is 109 cm³/mol. The lowest BCUT2D eigenvalue weighted by Crippen LogP contribution is -2.56. The van der Waals surface area contributed by atoms with Gasteiger partial charge in [-0.3, -0.25) is 9.20 Å². The number of amides is 1. The molecule has 5 rings (SSSR count). The molecule has 1 aromatic carbocycles. The molecule has 1 fully saturated rings. The number of likely N-dealkylation sites (tertiary alicyclic amines) is 1. The Hall–Kier alpha value is -3.61. The summed E-state index contributed by atoms with van der Waals surface area (Å²) in [7, 11) is 1.96. The first-order valence-electron chi connectivity index (χ1n) is 9.57. The largest absolute Gasteiger partial charge is 0.487 e. The maximum Gasteiger partial charge on any atom is 0.255 e. The van der Waals surface area contributed by atoms with Crippen molar-refractivity contribution < 1.29 is 9.53 Å². The van der Waals surface area contributed by atoms with E-state index in [9.17, 15) is 4.79 Å². The molecule has 7 nitrogen and oxygen atoms in total. The van der Waals surface area contributed by atoms with Crippen molar-refractivity contribution in [2.45, 2.75) is 13.0 Å². The van der Waals surface area contributed by atoms with Crippen LogP contribution < -0.4 is 4.74 Å². The minimum Gasteiger partial charge on any atom is -0.487 e. The highest BCUT2D eigenvalue weighted by atomic mass is 16.5. The van der Waals surface area contributed by atoms with Gasteiger partial charge in [0.15, 0.2) is 11.5 Å². The van der Waals surface area contributed by atoms with Crippen molar-refractivity contribution in [3.8, 4) is 17.3 Å². The van der Waals surface area contributed by atoms with Crippen LogP contribution in [0.15, 0.2) is 60.9 Å². The number of rotatable bonds is 4. The lowest BCUT2D eigenvalue weighted by atomic mass is 10.1. The maximum atomic E-state index is 12.9. The maximum absolute atomic E-state index is 12.9. The minimum atomic E-state index is -0.0116. The molecule has 29 heavy (non-hydrogen) atoms. The van der Waals surface area contributed by atoms with E-state index in [0.29, 0.717) is 30.1 Å². The van der Waals surface area contributed by atoms with Gasteiger partial charge in [-0.2, -0.15) is 0 Å². The van der Waals surface area contributed by atoms with Crippen molar-refractivity contribution in [1.82, 2.24) is 24.1 Å². The normalized spacial score (nSPS) is 14.2. The molecule has 0 bridgehead atoms. The number of ether oxygens (including phenoxy) is 1. The number of hydrogen-bond acceptors (Lipinski definition) is 4. The third-order valence-electron chi connectivity index (χ3n) is 5.25. The van der Waals surface area contributed by atoms with E-state index in [1.165, 1.54) is 0 Å². The summed E-state index contributed by atoms with van der Waals surface area (Å²) < 4.78 is 9.81. The molecule has 0 N–H and O–H groups in total. The molecule has 4 aromatic rings. The summed E-state index contributed by atoms with van der Waals surface area (Å²) in [5.74, 6) is 1.55. The molecule has 0 unspecified atom stereocenters. The second-order valence-corrected chi connectivity index (χ2v) is 7.44. The van der Waals surface area contributed by atoms with Crippen LogP contribution in [0.4, 0.5) is 0 Å². The summed E-state index contributed by atoms with van der Waals surface area (Å²) in [4.78, 5) is 14.7. The number of pyridine rings is 1. The van der Waals surface area contributed by atoms with E-state index in [1.807, 2.05) is 77.8 Å². The molecule has 1 saturated heterocycles. The SMILES string of the molecule is Cc1cccc(OC2CN(C(=O)c3ccc4nnc(-c5cccn5C)n4c3)C2)c1. The number of hydrogen-bond donors (Lipinski definition) is 0. The van der Waals surface area contributed by atoms with Gasteiger partial charge in [0.2, 0.25) is 0 Å². The van der Waals surface area contributed by atoms with Gasteiger partial charge in [-0.1, -0.05) is 12.1 Å². The highest BCUT2D eigenvalue weighted by molar-refractivity contribution is 5.95. The number of fused-ring (bicyclic) bond motifs is 1. The van der Waals surface area contributed by atoms with Crippen molar-refractivity contribution in [2.24, 2.45) is 7.05 Å². The first kappa shape index (κ1) is 17.5. The zero-order valence-corrected chi connectivity index (χ0v) is 16.3. The Morgan fingerprint density at radius 1 is 1.10 bits per heavy atom. The Balaban J connectivity index is 1.32. The molecule has 146 valence electrons. The number of aryl methyl sites for hydroxylation is 2. The van der Waals surface area contributed by atoms with Crippen LogP contribution in [0.25, 0.3) is 17.2 Å². The van der Waals surface area contributed by atoms with E-state index in [-0.39, 0.29) is 12.0 Å². The van der Waals surface area contributed by atoms with Gasteiger partial charge in [0.1, 0.15) is 11.9 Å². The molecule has 7 heteroatoms. The monoisotopic (exact) mass is 387 g/mol. The molecule has 1 amide bonds. The standard InChI is InChI=1S/C22H21N5O2/c1-15-5-3-6-17(11-15)29-18-13-26(14-18)22(28)16-8-9-20-23-24-21(27(20)12-16)19-7-4-10-25(19)2/h3-12,18H,13-14H2,1-2H3. The van der Waals surface area contributed by atoms with Crippen molar-refractivity contribution in [2.75, 3.05) is 13.1 Å². The predicted octanol–water partition coefficient (Wildman–Crippen LogP) is 2.95. The highest BCUT2D eigenvalue weighted by Gasteiger charge is 2.33. The summed E-state index contributed by atoms with van der Waals surface area (Å²) in [6.45, 7) is 3.20. The second-order valence-electron chi connectivity index (χ2n) is 7.44. The van der Waals surface area contributed by atoms with E-state index in [2.05, 4.69) is 10.2 Å². The molecule has 1 aliphatic heterocycles. The Morgan fingerprint density at radius 3 is 2.72 bits per heavy atom. The topological polar surface area (TPSA) is 64.7 Å². The Kier molecular flexibility index (Phi) is 4.08. The number of benzene rings is 1. The van der Waals surface area contributed by atoms with Crippen LogP contribution in [-0.2, 0) is 7.05 Å². The molecule has 0 spiro atoms. The summed E-state index contributed by atoms with van der Waals surface area (Å²) in [5, 5.41) is 8.51. The van der Waals surface area contributed by atoms with Crippen LogP contribution in [0.3, 0.4) is 0 Å². The van der Waals surface area contributed by atoms with Crippen LogP contribution in [0.5, 0.6) is 5.75 Å². The number of nitrogens with zero attached hydrogens (tertiary/aromatic N) is 5. The molecule has 0 saturated carbocycles. The molecular weight excluding hydrogens is 366 g/mol. The van der Waals surface area contributed by atoms with Crippen molar-refractivity contribution in [3.63, 3.8) is 0 Å².